The molecule has 5 rings (SSSR count). The molecule has 0 saturated carbocycles. The number of nitrogens with one attached hydrogen (secondary N) is 1. The van der Waals surface area contributed by atoms with Gasteiger partial charge >= 0.3 is 0 Å². The second kappa shape index (κ2) is 11.0. The van der Waals surface area contributed by atoms with Crippen molar-refractivity contribution in [3.63, 3.8) is 0 Å². The van der Waals surface area contributed by atoms with Crippen LogP contribution in [0.2, 0.25) is 0 Å². The molecule has 1 aromatic heterocycles. The Morgan fingerprint density at radius 2 is 1.61 bits per heavy atom. The molecule has 0 atom stereocenters. The highest BCUT2D eigenvalue weighted by atomic mass is 32.2. The molecule has 200 valence electrons. The number of aromatic nitrogens is 2. The van der Waals surface area contributed by atoms with Gasteiger partial charge in [0.05, 0.1) is 12.0 Å². The minimum absolute atomic E-state index is 0.0533. The maximum absolute atomic E-state index is 13.2. The molecule has 3 heterocycles. The zero-order valence-corrected chi connectivity index (χ0v) is 22.4. The summed E-state index contributed by atoms with van der Waals surface area (Å²) in [6, 6.07) is 16.2. The molecule has 10 nitrogen and oxygen atoms in total. The van der Waals surface area contributed by atoms with Gasteiger partial charge in [-0.05, 0) is 56.2 Å². The molecule has 0 unspecified atom stereocenters. The number of aryl methyl sites for hydroxylation is 1. The quantitative estimate of drug-likeness (QED) is 0.488. The fraction of sp³-hybridized carbons (Fsp3) is 0.370. The van der Waals surface area contributed by atoms with E-state index in [4.69, 9.17) is 14.7 Å². The number of amides is 1. The number of ether oxygens (including phenoxy) is 1. The summed E-state index contributed by atoms with van der Waals surface area (Å²) < 4.78 is 33.0. The highest BCUT2D eigenvalue weighted by molar-refractivity contribution is 7.89. The lowest BCUT2D eigenvalue weighted by molar-refractivity contribution is -0.119. The van der Waals surface area contributed by atoms with Crippen molar-refractivity contribution >= 4 is 39.2 Å². The Hall–Kier alpha value is -3.70. The van der Waals surface area contributed by atoms with Crippen molar-refractivity contribution in [1.29, 1.82) is 0 Å². The van der Waals surface area contributed by atoms with E-state index in [1.54, 1.807) is 42.3 Å². The van der Waals surface area contributed by atoms with Crippen LogP contribution in [-0.4, -0.2) is 68.4 Å². The first-order valence-corrected chi connectivity index (χ1v) is 14.2. The topological polar surface area (TPSA) is 108 Å². The van der Waals surface area contributed by atoms with E-state index < -0.39 is 10.0 Å². The SMILES string of the molecule is COc1ccc(S(=O)(=O)N2CCN(c3nc(Nc4ccc(C)cc4)cc(N4CCCCC4=O)n3)CC2)cc1. The maximum atomic E-state index is 13.2. The van der Waals surface area contributed by atoms with E-state index in [9.17, 15) is 13.2 Å². The molecule has 2 aliphatic heterocycles. The Morgan fingerprint density at radius 1 is 0.895 bits per heavy atom. The molecule has 2 fully saturated rings. The van der Waals surface area contributed by atoms with Crippen molar-refractivity contribution in [1.82, 2.24) is 14.3 Å². The van der Waals surface area contributed by atoms with E-state index in [0.29, 0.717) is 62.5 Å². The summed E-state index contributed by atoms with van der Waals surface area (Å²) in [4.78, 5) is 26.1. The van der Waals surface area contributed by atoms with E-state index in [0.717, 1.165) is 24.1 Å². The van der Waals surface area contributed by atoms with Gasteiger partial charge in [-0.25, -0.2) is 8.42 Å². The van der Waals surface area contributed by atoms with Crippen LogP contribution in [0.3, 0.4) is 0 Å². The van der Waals surface area contributed by atoms with E-state index in [2.05, 4.69) is 5.32 Å². The largest absolute Gasteiger partial charge is 0.497 e. The zero-order valence-electron chi connectivity index (χ0n) is 21.6. The Balaban J connectivity index is 1.37. The number of anilines is 4. The van der Waals surface area contributed by atoms with Gasteiger partial charge in [0.2, 0.25) is 21.9 Å². The highest BCUT2D eigenvalue weighted by Gasteiger charge is 2.30. The number of sulfonamides is 1. The molecule has 1 amide bonds. The van der Waals surface area contributed by atoms with Gasteiger partial charge in [0.1, 0.15) is 17.4 Å². The van der Waals surface area contributed by atoms with E-state index in [1.165, 1.54) is 4.31 Å². The van der Waals surface area contributed by atoms with E-state index >= 15 is 0 Å². The Morgan fingerprint density at radius 3 is 2.26 bits per heavy atom. The van der Waals surface area contributed by atoms with Gasteiger partial charge in [-0.3, -0.25) is 9.69 Å². The second-order valence-electron chi connectivity index (χ2n) is 9.47. The molecule has 38 heavy (non-hydrogen) atoms. The molecule has 2 aromatic carbocycles. The van der Waals surface area contributed by atoms with Crippen LogP contribution in [-0.2, 0) is 14.8 Å². The zero-order chi connectivity index (χ0) is 26.7. The third-order valence-corrected chi connectivity index (χ3v) is 8.76. The van der Waals surface area contributed by atoms with Crippen LogP contribution in [0, 0.1) is 6.92 Å². The molecule has 2 saturated heterocycles. The summed E-state index contributed by atoms with van der Waals surface area (Å²) in [6.45, 7) is 4.10. The molecule has 3 aromatic rings. The monoisotopic (exact) mass is 536 g/mol. The molecule has 11 heteroatoms. The van der Waals surface area contributed by atoms with Gasteiger partial charge in [0.15, 0.2) is 0 Å². The molecule has 0 aliphatic carbocycles. The number of nitrogens with zero attached hydrogens (tertiary/aromatic N) is 5. The molecule has 2 aliphatic rings. The average molecular weight is 537 g/mol. The van der Waals surface area contributed by atoms with Gasteiger partial charge < -0.3 is 15.0 Å². The molecular weight excluding hydrogens is 504 g/mol. The summed E-state index contributed by atoms with van der Waals surface area (Å²) in [6.07, 6.45) is 2.31. The summed E-state index contributed by atoms with van der Waals surface area (Å²) in [7, 11) is -2.09. The first kappa shape index (κ1) is 25.9. The maximum Gasteiger partial charge on any atom is 0.243 e. The van der Waals surface area contributed by atoms with Crippen LogP contribution in [0.25, 0.3) is 0 Å². The first-order chi connectivity index (χ1) is 18.3. The van der Waals surface area contributed by atoms with Crippen LogP contribution in [0.15, 0.2) is 59.5 Å². The smallest absolute Gasteiger partial charge is 0.243 e. The average Bonchev–Trinajstić information content (AvgIpc) is 2.94. The number of carbonyl (C=O) groups excluding carboxylic acids is 1. The molecule has 0 spiro atoms. The van der Waals surface area contributed by atoms with Crippen LogP contribution in [0.4, 0.5) is 23.3 Å². The van der Waals surface area contributed by atoms with E-state index in [-0.39, 0.29) is 10.8 Å². The second-order valence-corrected chi connectivity index (χ2v) is 11.4. The fourth-order valence-electron chi connectivity index (χ4n) is 4.62. The number of hydrogen-bond donors (Lipinski definition) is 1. The molecule has 0 bridgehead atoms. The lowest BCUT2D eigenvalue weighted by Crippen LogP contribution is -2.49. The standard InChI is InChI=1S/C27H32N6O4S/c1-20-6-8-21(9-7-20)28-24-19-25(33-14-4-3-5-26(33)34)30-27(29-24)31-15-17-32(18-16-31)38(35,36)23-12-10-22(37-2)11-13-23/h6-13,19H,3-5,14-18H2,1-2H3,(H,28,29,30). The van der Waals surface area contributed by atoms with Gasteiger partial charge in [0.25, 0.3) is 0 Å². The molecular formula is C27H32N6O4S. The van der Waals surface area contributed by atoms with Crippen LogP contribution < -0.4 is 19.9 Å². The number of hydrogen-bond acceptors (Lipinski definition) is 8. The third-order valence-electron chi connectivity index (χ3n) is 6.84. The van der Waals surface area contributed by atoms with Crippen molar-refractivity contribution in [2.45, 2.75) is 31.1 Å². The van der Waals surface area contributed by atoms with Crippen molar-refractivity contribution in [2.75, 3.05) is 55.0 Å². The fourth-order valence-corrected chi connectivity index (χ4v) is 6.05. The summed E-state index contributed by atoms with van der Waals surface area (Å²) >= 11 is 0. The van der Waals surface area contributed by atoms with E-state index in [1.807, 2.05) is 36.1 Å². The lowest BCUT2D eigenvalue weighted by Gasteiger charge is -2.34. The summed E-state index contributed by atoms with van der Waals surface area (Å²) in [5.41, 5.74) is 2.03. The Bertz CT molecular complexity index is 1390. The van der Waals surface area contributed by atoms with Gasteiger partial charge in [-0.2, -0.15) is 14.3 Å². The van der Waals surface area contributed by atoms with Gasteiger partial charge in [0, 0.05) is 50.9 Å². The van der Waals surface area contributed by atoms with Crippen LogP contribution >= 0.6 is 0 Å². The number of piperazine rings is 1. The van der Waals surface area contributed by atoms with Crippen molar-refractivity contribution in [3.05, 3.63) is 60.2 Å². The first-order valence-electron chi connectivity index (χ1n) is 12.8. The van der Waals surface area contributed by atoms with Crippen molar-refractivity contribution < 1.29 is 17.9 Å². The normalized spacial score (nSPS) is 16.9. The van der Waals surface area contributed by atoms with Gasteiger partial charge in [-0.1, -0.05) is 17.7 Å². The van der Waals surface area contributed by atoms with Crippen LogP contribution in [0.1, 0.15) is 24.8 Å². The Labute approximate surface area is 223 Å². The predicted molar refractivity (Wildman–Crippen MR) is 147 cm³/mol. The van der Waals surface area contributed by atoms with Crippen molar-refractivity contribution in [2.24, 2.45) is 0 Å². The number of carbonyl (C=O) groups is 1. The third kappa shape index (κ3) is 5.58. The van der Waals surface area contributed by atoms with Crippen molar-refractivity contribution in [3.8, 4) is 5.75 Å². The Kier molecular flexibility index (Phi) is 7.48. The van der Waals surface area contributed by atoms with Crippen LogP contribution in [0.5, 0.6) is 5.75 Å². The number of piperidine rings is 1. The highest BCUT2D eigenvalue weighted by Crippen LogP contribution is 2.28. The number of rotatable bonds is 7. The number of methoxy groups -OCH3 is 1. The minimum Gasteiger partial charge on any atom is -0.497 e. The summed E-state index contributed by atoms with van der Waals surface area (Å²) in [5, 5.41) is 3.34. The summed E-state index contributed by atoms with van der Waals surface area (Å²) in [5.74, 6) is 2.27. The number of benzene rings is 2. The molecule has 0 radical (unpaired) electrons. The predicted octanol–water partition coefficient (Wildman–Crippen LogP) is 3.57. The lowest BCUT2D eigenvalue weighted by atomic mass is 10.1. The van der Waals surface area contributed by atoms with Gasteiger partial charge in [-0.15, -0.1) is 0 Å². The minimum atomic E-state index is -3.63. The molecule has 1 N–H and O–H groups in total.